The summed E-state index contributed by atoms with van der Waals surface area (Å²) < 4.78 is 5.67. The lowest BCUT2D eigenvalue weighted by molar-refractivity contribution is -0.145. The number of aliphatic carboxylic acids is 1. The molecule has 0 saturated carbocycles. The number of likely N-dealkylation sites (N-methyl/N-ethyl adjacent to an activating group) is 1. The molecule has 0 radical (unpaired) electrons. The molecule has 3 rings (SSSR count). The molecule has 1 aliphatic heterocycles. The second-order valence-corrected chi connectivity index (χ2v) is 6.76. The van der Waals surface area contributed by atoms with Gasteiger partial charge in [0.2, 0.25) is 5.91 Å². The lowest BCUT2D eigenvalue weighted by Gasteiger charge is -2.31. The number of nitrogens with zero attached hydrogens (tertiary/aromatic N) is 2. The van der Waals surface area contributed by atoms with Crippen molar-refractivity contribution in [3.8, 4) is 0 Å². The molecule has 0 bridgehead atoms. The molecule has 1 aromatic heterocycles. The first-order valence-corrected chi connectivity index (χ1v) is 8.62. The van der Waals surface area contributed by atoms with Crippen LogP contribution in [0, 0.1) is 12.8 Å². The van der Waals surface area contributed by atoms with Crippen molar-refractivity contribution in [1.82, 2.24) is 9.80 Å². The zero-order valence-corrected chi connectivity index (χ0v) is 14.9. The van der Waals surface area contributed by atoms with Crippen molar-refractivity contribution in [2.24, 2.45) is 5.92 Å². The van der Waals surface area contributed by atoms with E-state index in [-0.39, 0.29) is 24.1 Å². The number of amides is 2. The van der Waals surface area contributed by atoms with Crippen LogP contribution in [0.4, 0.5) is 0 Å². The number of aryl methyl sites for hydroxylation is 1. The monoisotopic (exact) mass is 358 g/mol. The molecule has 2 amide bonds. The number of carboxylic acid groups (broad SMARTS) is 1. The van der Waals surface area contributed by atoms with Gasteiger partial charge in [-0.25, -0.2) is 0 Å². The van der Waals surface area contributed by atoms with Gasteiger partial charge in [0.15, 0.2) is 5.76 Å². The fourth-order valence-corrected chi connectivity index (χ4v) is 3.25. The van der Waals surface area contributed by atoms with Crippen molar-refractivity contribution < 1.29 is 23.9 Å². The quantitative estimate of drug-likeness (QED) is 0.904. The van der Waals surface area contributed by atoms with Gasteiger partial charge < -0.3 is 19.3 Å². The van der Waals surface area contributed by atoms with E-state index in [1.807, 2.05) is 25.1 Å². The van der Waals surface area contributed by atoms with Gasteiger partial charge in [-0.1, -0.05) is 18.2 Å². The summed E-state index contributed by atoms with van der Waals surface area (Å²) in [6.45, 7) is 2.66. The zero-order chi connectivity index (χ0) is 18.8. The molecule has 26 heavy (non-hydrogen) atoms. The van der Waals surface area contributed by atoms with Crippen LogP contribution in [0.25, 0.3) is 11.0 Å². The number of carbonyl (C=O) groups excluding carboxylic acids is 2. The van der Waals surface area contributed by atoms with E-state index < -0.39 is 11.9 Å². The Morgan fingerprint density at radius 2 is 1.96 bits per heavy atom. The Labute approximate surface area is 151 Å². The van der Waals surface area contributed by atoms with Crippen molar-refractivity contribution in [2.45, 2.75) is 19.8 Å². The maximum absolute atomic E-state index is 12.6. The average Bonchev–Trinajstić information content (AvgIpc) is 3.06. The molecule has 7 heteroatoms. The summed E-state index contributed by atoms with van der Waals surface area (Å²) in [7, 11) is 1.56. The molecular weight excluding hydrogens is 336 g/mol. The standard InChI is InChI=1S/C19H22N2O5/c1-12-4-3-5-14-10-15(26-17(12)14)18(23)20(2)11-16(22)21-8-6-13(7-9-21)19(24)25/h3-5,10,13H,6-9,11H2,1-2H3,(H,24,25). The van der Waals surface area contributed by atoms with E-state index >= 15 is 0 Å². The minimum absolute atomic E-state index is 0.0629. The van der Waals surface area contributed by atoms with Crippen LogP contribution in [0.2, 0.25) is 0 Å². The van der Waals surface area contributed by atoms with E-state index in [0.717, 1.165) is 10.9 Å². The maximum Gasteiger partial charge on any atom is 0.306 e. The number of para-hydroxylation sites is 1. The Morgan fingerprint density at radius 3 is 2.58 bits per heavy atom. The second kappa shape index (κ2) is 7.19. The number of fused-ring (bicyclic) bond motifs is 1. The molecule has 2 heterocycles. The molecule has 1 saturated heterocycles. The molecule has 2 aromatic rings. The fourth-order valence-electron chi connectivity index (χ4n) is 3.25. The highest BCUT2D eigenvalue weighted by atomic mass is 16.4. The van der Waals surface area contributed by atoms with Gasteiger partial charge in [0.1, 0.15) is 5.58 Å². The number of carbonyl (C=O) groups is 3. The molecule has 7 nitrogen and oxygen atoms in total. The van der Waals surface area contributed by atoms with Crippen LogP contribution < -0.4 is 0 Å². The normalized spacial score (nSPS) is 15.2. The van der Waals surface area contributed by atoms with Crippen molar-refractivity contribution in [3.05, 3.63) is 35.6 Å². The fraction of sp³-hybridized carbons (Fsp3) is 0.421. The first-order valence-electron chi connectivity index (χ1n) is 8.62. The number of hydrogen-bond acceptors (Lipinski definition) is 4. The highest BCUT2D eigenvalue weighted by Crippen LogP contribution is 2.23. The van der Waals surface area contributed by atoms with Crippen molar-refractivity contribution in [2.75, 3.05) is 26.7 Å². The second-order valence-electron chi connectivity index (χ2n) is 6.76. The third-order valence-corrected chi connectivity index (χ3v) is 4.87. The van der Waals surface area contributed by atoms with E-state index in [2.05, 4.69) is 0 Å². The van der Waals surface area contributed by atoms with Crippen LogP contribution in [0.15, 0.2) is 28.7 Å². The Balaban J connectivity index is 1.62. The van der Waals surface area contributed by atoms with E-state index in [1.54, 1.807) is 18.0 Å². The molecule has 0 aliphatic carbocycles. The SMILES string of the molecule is Cc1cccc2cc(C(=O)N(C)CC(=O)N3CCC(C(=O)O)CC3)oc12. The third kappa shape index (κ3) is 3.56. The highest BCUT2D eigenvalue weighted by Gasteiger charge is 2.28. The molecule has 0 unspecified atom stereocenters. The van der Waals surface area contributed by atoms with Gasteiger partial charge in [0, 0.05) is 25.5 Å². The van der Waals surface area contributed by atoms with Crippen molar-refractivity contribution >= 4 is 28.8 Å². The Hall–Kier alpha value is -2.83. The van der Waals surface area contributed by atoms with Gasteiger partial charge in [-0.2, -0.15) is 0 Å². The van der Waals surface area contributed by atoms with E-state index in [1.165, 1.54) is 4.90 Å². The lowest BCUT2D eigenvalue weighted by Crippen LogP contribution is -2.45. The molecule has 1 aliphatic rings. The Bertz CT molecular complexity index is 849. The number of hydrogen-bond donors (Lipinski definition) is 1. The van der Waals surface area contributed by atoms with Gasteiger partial charge >= 0.3 is 5.97 Å². The van der Waals surface area contributed by atoms with Crippen LogP contribution in [0.5, 0.6) is 0 Å². The number of piperidine rings is 1. The van der Waals surface area contributed by atoms with Gasteiger partial charge in [0.05, 0.1) is 12.5 Å². The summed E-state index contributed by atoms with van der Waals surface area (Å²) in [4.78, 5) is 38.9. The number of rotatable bonds is 4. The molecule has 138 valence electrons. The molecule has 1 N–H and O–H groups in total. The average molecular weight is 358 g/mol. The van der Waals surface area contributed by atoms with Gasteiger partial charge in [-0.3, -0.25) is 14.4 Å². The Morgan fingerprint density at radius 1 is 1.27 bits per heavy atom. The topological polar surface area (TPSA) is 91.1 Å². The summed E-state index contributed by atoms with van der Waals surface area (Å²) in [5.41, 5.74) is 1.62. The number of benzene rings is 1. The first-order chi connectivity index (χ1) is 12.4. The van der Waals surface area contributed by atoms with Crippen LogP contribution in [-0.4, -0.2) is 59.4 Å². The largest absolute Gasteiger partial charge is 0.481 e. The maximum atomic E-state index is 12.6. The summed E-state index contributed by atoms with van der Waals surface area (Å²) in [5, 5.41) is 9.87. The van der Waals surface area contributed by atoms with Crippen molar-refractivity contribution in [3.63, 3.8) is 0 Å². The summed E-state index contributed by atoms with van der Waals surface area (Å²) in [5.74, 6) is -1.54. The smallest absolute Gasteiger partial charge is 0.306 e. The number of furan rings is 1. The predicted octanol–water partition coefficient (Wildman–Crippen LogP) is 2.14. The summed E-state index contributed by atoms with van der Waals surface area (Å²) in [6, 6.07) is 7.37. The predicted molar refractivity (Wildman–Crippen MR) is 94.9 cm³/mol. The lowest BCUT2D eigenvalue weighted by atomic mass is 9.97. The third-order valence-electron chi connectivity index (χ3n) is 4.87. The van der Waals surface area contributed by atoms with Gasteiger partial charge in [-0.15, -0.1) is 0 Å². The molecule has 1 aromatic carbocycles. The highest BCUT2D eigenvalue weighted by molar-refractivity contribution is 5.98. The first kappa shape index (κ1) is 18.0. The molecule has 0 spiro atoms. The van der Waals surface area contributed by atoms with Crippen LogP contribution >= 0.6 is 0 Å². The van der Waals surface area contributed by atoms with Crippen LogP contribution in [-0.2, 0) is 9.59 Å². The minimum atomic E-state index is -0.815. The zero-order valence-electron chi connectivity index (χ0n) is 14.9. The van der Waals surface area contributed by atoms with E-state index in [9.17, 15) is 14.4 Å². The number of likely N-dealkylation sites (tertiary alicyclic amines) is 1. The van der Waals surface area contributed by atoms with Gasteiger partial charge in [-0.05, 0) is 31.4 Å². The summed E-state index contributed by atoms with van der Waals surface area (Å²) in [6.07, 6.45) is 0.892. The van der Waals surface area contributed by atoms with Gasteiger partial charge in [0.25, 0.3) is 5.91 Å². The van der Waals surface area contributed by atoms with E-state index in [0.29, 0.717) is 31.5 Å². The summed E-state index contributed by atoms with van der Waals surface area (Å²) >= 11 is 0. The Kier molecular flexibility index (Phi) is 4.97. The van der Waals surface area contributed by atoms with Crippen LogP contribution in [0.3, 0.4) is 0 Å². The molecule has 0 atom stereocenters. The number of carboxylic acids is 1. The van der Waals surface area contributed by atoms with Crippen LogP contribution in [0.1, 0.15) is 29.0 Å². The van der Waals surface area contributed by atoms with Crippen molar-refractivity contribution in [1.29, 1.82) is 0 Å². The molecule has 1 fully saturated rings. The van der Waals surface area contributed by atoms with E-state index in [4.69, 9.17) is 9.52 Å². The molecular formula is C19H22N2O5. The minimum Gasteiger partial charge on any atom is -0.481 e.